The SMILES string of the molecule is C[C@@H]1C=C2C=C[C@@]3(C)OCCC(=O)[C@@]3(C)[C@H]2[C@@H](O)C1. The number of rotatable bonds is 0. The second-order valence-electron chi connectivity index (χ2n) is 6.59. The maximum absolute atomic E-state index is 12.6. The molecule has 1 aliphatic heterocycles. The van der Waals surface area contributed by atoms with E-state index in [9.17, 15) is 9.90 Å². The van der Waals surface area contributed by atoms with Crippen LogP contribution in [0.3, 0.4) is 0 Å². The zero-order valence-electron chi connectivity index (χ0n) is 11.8. The van der Waals surface area contributed by atoms with Crippen LogP contribution in [0.4, 0.5) is 0 Å². The highest BCUT2D eigenvalue weighted by Crippen LogP contribution is 2.55. The number of Topliss-reactive ketones (excluding diaryl/α,β-unsaturated/α-hetero) is 1. The number of carbonyl (C=O) groups excluding carboxylic acids is 1. The first-order chi connectivity index (χ1) is 8.88. The fourth-order valence-corrected chi connectivity index (χ4v) is 4.12. The third-order valence-corrected chi connectivity index (χ3v) is 5.39. The Kier molecular flexibility index (Phi) is 2.77. The Morgan fingerprint density at radius 2 is 2.16 bits per heavy atom. The van der Waals surface area contributed by atoms with E-state index in [1.165, 1.54) is 0 Å². The summed E-state index contributed by atoms with van der Waals surface area (Å²) in [7, 11) is 0. The molecule has 2 aliphatic carbocycles. The van der Waals surface area contributed by atoms with Crippen LogP contribution in [0, 0.1) is 17.3 Å². The normalized spacial score (nSPS) is 49.4. The summed E-state index contributed by atoms with van der Waals surface area (Å²) in [5, 5.41) is 10.5. The van der Waals surface area contributed by atoms with Gasteiger partial charge < -0.3 is 9.84 Å². The Morgan fingerprint density at radius 3 is 2.89 bits per heavy atom. The number of allylic oxidation sites excluding steroid dienone is 2. The molecule has 0 radical (unpaired) electrons. The van der Waals surface area contributed by atoms with Gasteiger partial charge in [0.2, 0.25) is 0 Å². The molecule has 19 heavy (non-hydrogen) atoms. The van der Waals surface area contributed by atoms with Gasteiger partial charge in [-0.15, -0.1) is 0 Å². The third-order valence-electron chi connectivity index (χ3n) is 5.39. The van der Waals surface area contributed by atoms with Crippen LogP contribution in [0.1, 0.15) is 33.6 Å². The van der Waals surface area contributed by atoms with Crippen LogP contribution in [0.2, 0.25) is 0 Å². The Morgan fingerprint density at radius 1 is 1.42 bits per heavy atom. The van der Waals surface area contributed by atoms with Crippen molar-refractivity contribution in [2.75, 3.05) is 6.61 Å². The number of fused-ring (bicyclic) bond motifs is 3. The van der Waals surface area contributed by atoms with Crippen LogP contribution in [-0.4, -0.2) is 29.2 Å². The van der Waals surface area contributed by atoms with E-state index in [0.29, 0.717) is 18.9 Å². The van der Waals surface area contributed by atoms with Crippen molar-refractivity contribution >= 4 is 5.78 Å². The number of hydrogen-bond donors (Lipinski definition) is 1. The Hall–Kier alpha value is -0.930. The van der Waals surface area contributed by atoms with Crippen molar-refractivity contribution in [3.8, 4) is 0 Å². The highest BCUT2D eigenvalue weighted by molar-refractivity contribution is 5.88. The van der Waals surface area contributed by atoms with Crippen molar-refractivity contribution in [1.82, 2.24) is 0 Å². The average Bonchev–Trinajstić information content (AvgIpc) is 2.32. The van der Waals surface area contributed by atoms with Crippen molar-refractivity contribution < 1.29 is 14.6 Å². The van der Waals surface area contributed by atoms with Crippen LogP contribution in [0.5, 0.6) is 0 Å². The molecule has 1 N–H and O–H groups in total. The maximum atomic E-state index is 12.6. The van der Waals surface area contributed by atoms with E-state index in [0.717, 1.165) is 12.0 Å². The average molecular weight is 262 g/mol. The molecule has 0 spiro atoms. The van der Waals surface area contributed by atoms with Crippen molar-refractivity contribution in [2.24, 2.45) is 17.3 Å². The van der Waals surface area contributed by atoms with E-state index >= 15 is 0 Å². The molecule has 0 unspecified atom stereocenters. The summed E-state index contributed by atoms with van der Waals surface area (Å²) < 4.78 is 5.92. The highest BCUT2D eigenvalue weighted by atomic mass is 16.5. The Labute approximate surface area is 114 Å². The molecule has 0 aromatic carbocycles. The van der Waals surface area contributed by atoms with E-state index in [2.05, 4.69) is 13.0 Å². The minimum Gasteiger partial charge on any atom is -0.392 e. The number of ether oxygens (including phenoxy) is 1. The summed E-state index contributed by atoms with van der Waals surface area (Å²) in [6.45, 7) is 6.53. The first kappa shape index (κ1) is 13.1. The van der Waals surface area contributed by atoms with Gasteiger partial charge in [0.15, 0.2) is 0 Å². The van der Waals surface area contributed by atoms with Crippen LogP contribution in [-0.2, 0) is 9.53 Å². The molecule has 3 rings (SSSR count). The fraction of sp³-hybridized carbons (Fsp3) is 0.688. The van der Waals surface area contributed by atoms with Gasteiger partial charge in [0.25, 0.3) is 0 Å². The van der Waals surface area contributed by atoms with Gasteiger partial charge in [-0.3, -0.25) is 4.79 Å². The zero-order chi connectivity index (χ0) is 13.8. The van der Waals surface area contributed by atoms with Crippen molar-refractivity contribution in [3.05, 3.63) is 23.8 Å². The van der Waals surface area contributed by atoms with E-state index in [1.54, 1.807) is 0 Å². The van der Waals surface area contributed by atoms with Crippen LogP contribution >= 0.6 is 0 Å². The maximum Gasteiger partial charge on any atom is 0.144 e. The molecule has 0 aromatic rings. The lowest BCUT2D eigenvalue weighted by molar-refractivity contribution is -0.178. The largest absolute Gasteiger partial charge is 0.392 e. The zero-order valence-corrected chi connectivity index (χ0v) is 11.8. The molecule has 3 aliphatic rings. The number of carbonyl (C=O) groups is 1. The predicted molar refractivity (Wildman–Crippen MR) is 72.6 cm³/mol. The molecule has 104 valence electrons. The quantitative estimate of drug-likeness (QED) is 0.728. The molecule has 5 atom stereocenters. The first-order valence-electron chi connectivity index (χ1n) is 7.15. The highest BCUT2D eigenvalue weighted by Gasteiger charge is 2.60. The fourth-order valence-electron chi connectivity index (χ4n) is 4.12. The summed E-state index contributed by atoms with van der Waals surface area (Å²) in [6.07, 6.45) is 6.96. The van der Waals surface area contributed by atoms with Crippen molar-refractivity contribution in [3.63, 3.8) is 0 Å². The molecule has 1 saturated heterocycles. The van der Waals surface area contributed by atoms with Gasteiger partial charge in [-0.1, -0.05) is 25.2 Å². The molecule has 1 heterocycles. The Bertz CT molecular complexity index is 478. The second-order valence-corrected chi connectivity index (χ2v) is 6.59. The first-order valence-corrected chi connectivity index (χ1v) is 7.15. The van der Waals surface area contributed by atoms with E-state index in [-0.39, 0.29) is 11.7 Å². The van der Waals surface area contributed by atoms with Gasteiger partial charge in [0.1, 0.15) is 5.78 Å². The van der Waals surface area contributed by atoms with Gasteiger partial charge in [-0.2, -0.15) is 0 Å². The van der Waals surface area contributed by atoms with Gasteiger partial charge in [-0.25, -0.2) is 0 Å². The lowest BCUT2D eigenvalue weighted by Crippen LogP contribution is -2.62. The molecule has 0 saturated carbocycles. The molecule has 1 fully saturated rings. The van der Waals surface area contributed by atoms with E-state index in [1.807, 2.05) is 26.0 Å². The van der Waals surface area contributed by atoms with E-state index < -0.39 is 17.1 Å². The topological polar surface area (TPSA) is 46.5 Å². The number of hydrogen-bond acceptors (Lipinski definition) is 3. The smallest absolute Gasteiger partial charge is 0.144 e. The van der Waals surface area contributed by atoms with Crippen LogP contribution in [0.25, 0.3) is 0 Å². The lowest BCUT2D eigenvalue weighted by atomic mass is 9.53. The summed E-state index contributed by atoms with van der Waals surface area (Å²) in [6, 6.07) is 0. The van der Waals surface area contributed by atoms with Gasteiger partial charge in [0, 0.05) is 12.3 Å². The summed E-state index contributed by atoms with van der Waals surface area (Å²) in [4.78, 5) is 12.6. The third kappa shape index (κ3) is 1.61. The van der Waals surface area contributed by atoms with Gasteiger partial charge >= 0.3 is 0 Å². The molecule has 3 nitrogen and oxygen atoms in total. The lowest BCUT2D eigenvalue weighted by Gasteiger charge is -2.55. The standard InChI is InChI=1S/C16H22O3/c1-10-8-11-4-6-15(2)16(3,13(18)5-7-19-15)14(11)12(17)9-10/h4,6,8,10,12,14,17H,5,7,9H2,1-3H3/t10-,12+,14-,15-,16+/m1/s1. The molecule has 0 aromatic heterocycles. The van der Waals surface area contributed by atoms with E-state index in [4.69, 9.17) is 4.74 Å². The van der Waals surface area contributed by atoms with Crippen molar-refractivity contribution in [1.29, 1.82) is 0 Å². The van der Waals surface area contributed by atoms with Gasteiger partial charge in [0.05, 0.1) is 23.7 Å². The van der Waals surface area contributed by atoms with Gasteiger partial charge in [-0.05, 0) is 31.8 Å². The second kappa shape index (κ2) is 4.03. The van der Waals surface area contributed by atoms with Crippen LogP contribution in [0.15, 0.2) is 23.8 Å². The molecule has 3 heteroatoms. The Balaban J connectivity index is 2.16. The number of aliphatic hydroxyl groups excluding tert-OH is 1. The minimum absolute atomic E-state index is 0.133. The molecular formula is C16H22O3. The summed E-state index contributed by atoms with van der Waals surface area (Å²) in [5.74, 6) is 0.445. The van der Waals surface area contributed by atoms with Crippen LogP contribution < -0.4 is 0 Å². The molecular weight excluding hydrogens is 240 g/mol. The summed E-state index contributed by atoms with van der Waals surface area (Å²) in [5.41, 5.74) is -0.137. The number of ketones is 1. The summed E-state index contributed by atoms with van der Waals surface area (Å²) >= 11 is 0. The molecule has 0 amide bonds. The molecule has 0 bridgehead atoms. The van der Waals surface area contributed by atoms with Crippen molar-refractivity contribution in [2.45, 2.75) is 45.3 Å². The predicted octanol–water partition coefficient (Wildman–Crippen LogP) is 2.25. The minimum atomic E-state index is -0.647. The number of aliphatic hydroxyl groups is 1. The monoisotopic (exact) mass is 262 g/mol.